The highest BCUT2D eigenvalue weighted by Crippen LogP contribution is 2.47. The van der Waals surface area contributed by atoms with Gasteiger partial charge in [0.1, 0.15) is 5.75 Å². The fourth-order valence-electron chi connectivity index (χ4n) is 4.55. The Balaban J connectivity index is 1.81. The van der Waals surface area contributed by atoms with E-state index in [1.165, 1.54) is 12.1 Å². The SMILES string of the molecule is O=c1cc(Cl)c2cc(=Nc3ccccc3)c3c(O)cc(Cl)c4cc(Nc5ccccc5)c1c-2c43. The highest BCUT2D eigenvalue weighted by atomic mass is 35.5. The van der Waals surface area contributed by atoms with E-state index in [1.807, 2.05) is 72.8 Å². The van der Waals surface area contributed by atoms with Crippen LogP contribution in [0.2, 0.25) is 10.0 Å². The molecule has 34 heavy (non-hydrogen) atoms. The van der Waals surface area contributed by atoms with Gasteiger partial charge in [-0.1, -0.05) is 59.6 Å². The van der Waals surface area contributed by atoms with E-state index in [2.05, 4.69) is 5.32 Å². The molecule has 0 unspecified atom stereocenters. The van der Waals surface area contributed by atoms with Gasteiger partial charge in [0.25, 0.3) is 0 Å². The van der Waals surface area contributed by atoms with E-state index in [1.54, 1.807) is 0 Å². The average molecular weight is 483 g/mol. The predicted octanol–water partition coefficient (Wildman–Crippen LogP) is 7.32. The molecule has 0 saturated heterocycles. The zero-order valence-corrected chi connectivity index (χ0v) is 19.2. The van der Waals surface area contributed by atoms with Crippen molar-refractivity contribution in [2.75, 3.05) is 5.32 Å². The zero-order valence-electron chi connectivity index (χ0n) is 17.6. The quantitative estimate of drug-likeness (QED) is 0.259. The molecule has 2 N–H and O–H groups in total. The van der Waals surface area contributed by atoms with Gasteiger partial charge in [-0.25, -0.2) is 4.99 Å². The first kappa shape index (κ1) is 20.7. The Hall–Kier alpha value is -3.86. The van der Waals surface area contributed by atoms with Crippen molar-refractivity contribution in [3.63, 3.8) is 0 Å². The standard InChI is InChI=1S/C28H16Cl2N2O2/c29-19-14-24(34)28-22(32-16-9-5-2-6-10-16)12-18-20(30)13-23(33)27-21(11-17(19)26(28)25(18)27)31-15-7-3-1-4-8-15/h1-14,31,34H. The van der Waals surface area contributed by atoms with Crippen LogP contribution in [0.5, 0.6) is 5.75 Å². The molecule has 0 aromatic heterocycles. The molecule has 0 radical (unpaired) electrons. The smallest absolute Gasteiger partial charge is 0.190 e. The molecule has 0 atom stereocenters. The molecule has 2 aliphatic carbocycles. The van der Waals surface area contributed by atoms with Crippen LogP contribution in [0.1, 0.15) is 0 Å². The number of phenols is 1. The molecule has 6 rings (SSSR count). The van der Waals surface area contributed by atoms with E-state index in [4.69, 9.17) is 28.2 Å². The molecule has 164 valence electrons. The van der Waals surface area contributed by atoms with Crippen LogP contribution in [-0.4, -0.2) is 5.11 Å². The van der Waals surface area contributed by atoms with Gasteiger partial charge in [0.2, 0.25) is 0 Å². The summed E-state index contributed by atoms with van der Waals surface area (Å²) in [7, 11) is 0. The van der Waals surface area contributed by atoms with E-state index < -0.39 is 0 Å². The molecule has 2 aliphatic rings. The van der Waals surface area contributed by atoms with E-state index in [0.717, 1.165) is 11.4 Å². The molecule has 0 aliphatic heterocycles. The number of hydrogen-bond donors (Lipinski definition) is 2. The van der Waals surface area contributed by atoms with E-state index >= 15 is 0 Å². The molecule has 0 heterocycles. The van der Waals surface area contributed by atoms with E-state index in [0.29, 0.717) is 53.8 Å². The number of aromatic hydroxyl groups is 1. The van der Waals surface area contributed by atoms with Crippen molar-refractivity contribution in [3.05, 3.63) is 111 Å². The number of phenolic OH excluding ortho intramolecular Hbond substituents is 1. The molecule has 0 spiro atoms. The largest absolute Gasteiger partial charge is 0.507 e. The van der Waals surface area contributed by atoms with Gasteiger partial charge >= 0.3 is 0 Å². The first-order valence-electron chi connectivity index (χ1n) is 10.6. The molecular weight excluding hydrogens is 467 g/mol. The Labute approximate surface area is 204 Å². The lowest BCUT2D eigenvalue weighted by Crippen LogP contribution is -2.12. The number of anilines is 2. The topological polar surface area (TPSA) is 61.7 Å². The highest BCUT2D eigenvalue weighted by Gasteiger charge is 2.25. The first-order valence-corrected chi connectivity index (χ1v) is 11.4. The number of hydrogen-bond acceptors (Lipinski definition) is 4. The van der Waals surface area contributed by atoms with Gasteiger partial charge in [0.05, 0.1) is 37.5 Å². The molecule has 6 heteroatoms. The van der Waals surface area contributed by atoms with Gasteiger partial charge in [-0.2, -0.15) is 0 Å². The molecule has 0 bridgehead atoms. The van der Waals surface area contributed by atoms with Crippen LogP contribution in [0.15, 0.2) is 94.7 Å². The summed E-state index contributed by atoms with van der Waals surface area (Å²) < 4.78 is 0. The monoisotopic (exact) mass is 482 g/mol. The third-order valence-electron chi connectivity index (χ3n) is 5.98. The number of rotatable bonds is 3. The van der Waals surface area contributed by atoms with Gasteiger partial charge in [0, 0.05) is 33.7 Å². The van der Waals surface area contributed by atoms with Crippen LogP contribution in [0.4, 0.5) is 17.1 Å². The Morgan fingerprint density at radius 1 is 0.765 bits per heavy atom. The summed E-state index contributed by atoms with van der Waals surface area (Å²) in [4.78, 5) is 18.0. The number of benzene rings is 6. The predicted molar refractivity (Wildman–Crippen MR) is 140 cm³/mol. The van der Waals surface area contributed by atoms with Crippen LogP contribution in [0.3, 0.4) is 0 Å². The lowest BCUT2D eigenvalue weighted by molar-refractivity contribution is 0.481. The van der Waals surface area contributed by atoms with Crippen molar-refractivity contribution < 1.29 is 5.11 Å². The molecule has 0 fully saturated rings. The second-order valence-corrected chi connectivity index (χ2v) is 8.90. The molecular formula is C28H16Cl2N2O2. The Kier molecular flexibility index (Phi) is 4.80. The average Bonchev–Trinajstić information content (AvgIpc) is 2.83. The van der Waals surface area contributed by atoms with Crippen LogP contribution in [0, 0.1) is 0 Å². The minimum atomic E-state index is -0.216. The highest BCUT2D eigenvalue weighted by molar-refractivity contribution is 6.40. The zero-order chi connectivity index (χ0) is 23.4. The summed E-state index contributed by atoms with van der Waals surface area (Å²) in [5.74, 6) is -0.00780. The minimum absolute atomic E-state index is 0.00780. The number of nitrogens with one attached hydrogen (secondary N) is 1. The lowest BCUT2D eigenvalue weighted by Gasteiger charge is -2.21. The van der Waals surface area contributed by atoms with Gasteiger partial charge < -0.3 is 10.4 Å². The Bertz CT molecular complexity index is 1770. The number of para-hydroxylation sites is 2. The minimum Gasteiger partial charge on any atom is -0.507 e. The van der Waals surface area contributed by atoms with Crippen LogP contribution < -0.4 is 16.1 Å². The summed E-state index contributed by atoms with van der Waals surface area (Å²) in [6.07, 6.45) is 0. The second-order valence-electron chi connectivity index (χ2n) is 8.09. The summed E-state index contributed by atoms with van der Waals surface area (Å²) in [5, 5.41) is 17.9. The first-order chi connectivity index (χ1) is 16.5. The van der Waals surface area contributed by atoms with Crippen molar-refractivity contribution in [2.45, 2.75) is 0 Å². The molecule has 0 saturated carbocycles. The van der Waals surface area contributed by atoms with Crippen molar-refractivity contribution in [1.29, 1.82) is 0 Å². The molecule has 4 aromatic carbocycles. The fraction of sp³-hybridized carbons (Fsp3) is 0. The van der Waals surface area contributed by atoms with Crippen molar-refractivity contribution >= 4 is 61.8 Å². The van der Waals surface area contributed by atoms with Crippen LogP contribution in [-0.2, 0) is 0 Å². The third-order valence-corrected chi connectivity index (χ3v) is 6.61. The summed E-state index contributed by atoms with van der Waals surface area (Å²) in [6, 6.07) is 25.7. The van der Waals surface area contributed by atoms with Crippen LogP contribution >= 0.6 is 23.2 Å². The molecule has 4 aromatic rings. The summed E-state index contributed by atoms with van der Waals surface area (Å²) >= 11 is 13.2. The van der Waals surface area contributed by atoms with Crippen molar-refractivity contribution in [2.24, 2.45) is 4.99 Å². The third kappa shape index (κ3) is 3.23. The Morgan fingerprint density at radius 3 is 2.21 bits per heavy atom. The van der Waals surface area contributed by atoms with Crippen molar-refractivity contribution in [3.8, 4) is 16.9 Å². The maximum atomic E-state index is 13.2. The van der Waals surface area contributed by atoms with Crippen LogP contribution in [0.25, 0.3) is 32.7 Å². The summed E-state index contributed by atoms with van der Waals surface area (Å²) in [6.45, 7) is 0. The summed E-state index contributed by atoms with van der Waals surface area (Å²) in [5.41, 5.74) is 3.28. The number of halogens is 2. The van der Waals surface area contributed by atoms with E-state index in [-0.39, 0.29) is 11.2 Å². The van der Waals surface area contributed by atoms with Gasteiger partial charge in [-0.15, -0.1) is 0 Å². The fourth-order valence-corrected chi connectivity index (χ4v) is 5.05. The lowest BCUT2D eigenvalue weighted by atomic mass is 9.87. The van der Waals surface area contributed by atoms with E-state index in [9.17, 15) is 9.90 Å². The Morgan fingerprint density at radius 2 is 1.47 bits per heavy atom. The maximum absolute atomic E-state index is 13.2. The van der Waals surface area contributed by atoms with Crippen molar-refractivity contribution in [1.82, 2.24) is 0 Å². The molecule has 0 amide bonds. The molecule has 4 nitrogen and oxygen atoms in total. The maximum Gasteiger partial charge on any atom is 0.190 e. The second kappa shape index (κ2) is 7.87. The number of nitrogens with zero attached hydrogens (tertiary/aromatic N) is 1. The normalized spacial score (nSPS) is 12.2. The van der Waals surface area contributed by atoms with Gasteiger partial charge in [-0.3, -0.25) is 4.79 Å². The van der Waals surface area contributed by atoms with Gasteiger partial charge in [-0.05, 0) is 42.5 Å². The van der Waals surface area contributed by atoms with Gasteiger partial charge in [0.15, 0.2) is 5.43 Å².